The largest absolute Gasteiger partial charge is 0.456 e. The molecule has 0 spiro atoms. The van der Waals surface area contributed by atoms with E-state index < -0.39 is 11.2 Å². The number of hydrogen-bond donors (Lipinski definition) is 0. The highest BCUT2D eigenvalue weighted by Gasteiger charge is 2.19. The lowest BCUT2D eigenvalue weighted by Gasteiger charge is -2.20. The lowest BCUT2D eigenvalue weighted by Crippen LogP contribution is -2.24. The maximum atomic E-state index is 12.1. The van der Waals surface area contributed by atoms with Crippen molar-refractivity contribution in [2.75, 3.05) is 0 Å². The van der Waals surface area contributed by atoms with Gasteiger partial charge in [0, 0.05) is 0 Å². The average molecular weight is 328 g/mol. The van der Waals surface area contributed by atoms with Crippen molar-refractivity contribution >= 4 is 22.7 Å². The summed E-state index contributed by atoms with van der Waals surface area (Å²) in [6, 6.07) is 10.6. The molecule has 0 saturated carbocycles. The van der Waals surface area contributed by atoms with Crippen molar-refractivity contribution in [2.45, 2.75) is 52.7 Å². The van der Waals surface area contributed by atoms with Crippen LogP contribution in [0.2, 0.25) is 0 Å². The number of carbonyl (C=O) groups excluding carboxylic acids is 2. The molecule has 0 amide bonds. The monoisotopic (exact) mass is 328 g/mol. The molecule has 0 heterocycles. The molecule has 2 aromatic carbocycles. The zero-order valence-electron chi connectivity index (χ0n) is 15.1. The predicted octanol–water partition coefficient (Wildman–Crippen LogP) is 4.75. The first-order valence-corrected chi connectivity index (χ1v) is 7.95. The first-order valence-electron chi connectivity index (χ1n) is 7.95. The molecule has 0 aliphatic carbocycles. The van der Waals surface area contributed by atoms with Gasteiger partial charge in [-0.2, -0.15) is 0 Å². The fourth-order valence-electron chi connectivity index (χ4n) is 2.17. The maximum absolute atomic E-state index is 12.1. The molecule has 0 aromatic heterocycles. The third kappa shape index (κ3) is 4.82. The molecule has 4 heteroatoms. The summed E-state index contributed by atoms with van der Waals surface area (Å²) < 4.78 is 10.8. The van der Waals surface area contributed by atoms with E-state index in [1.54, 1.807) is 24.3 Å². The van der Waals surface area contributed by atoms with Crippen LogP contribution in [0.15, 0.2) is 36.4 Å². The van der Waals surface area contributed by atoms with Crippen LogP contribution in [-0.4, -0.2) is 23.1 Å². The minimum absolute atomic E-state index is 0.361. The van der Waals surface area contributed by atoms with Gasteiger partial charge < -0.3 is 9.47 Å². The van der Waals surface area contributed by atoms with Gasteiger partial charge in [0.15, 0.2) is 0 Å². The van der Waals surface area contributed by atoms with Crippen LogP contribution in [0, 0.1) is 0 Å². The molecule has 0 aliphatic rings. The standard InChI is InChI=1S/C20H24O4/c1-19(2,3)23-17(21)15-9-7-14-12-16(10-8-13(14)11-15)18(22)24-20(4,5)6/h7-12H,1-6H3. The van der Waals surface area contributed by atoms with E-state index >= 15 is 0 Å². The Labute approximate surface area is 142 Å². The Morgan fingerprint density at radius 3 is 1.29 bits per heavy atom. The summed E-state index contributed by atoms with van der Waals surface area (Å²) in [6.45, 7) is 11.0. The molecule has 0 bridgehead atoms. The summed E-state index contributed by atoms with van der Waals surface area (Å²) >= 11 is 0. The summed E-state index contributed by atoms with van der Waals surface area (Å²) in [4.78, 5) is 24.3. The van der Waals surface area contributed by atoms with Crippen molar-refractivity contribution in [2.24, 2.45) is 0 Å². The smallest absolute Gasteiger partial charge is 0.338 e. The van der Waals surface area contributed by atoms with E-state index in [2.05, 4.69) is 0 Å². The van der Waals surface area contributed by atoms with Gasteiger partial charge in [-0.05, 0) is 76.6 Å². The third-order valence-corrected chi connectivity index (χ3v) is 3.11. The van der Waals surface area contributed by atoms with Crippen LogP contribution in [0.1, 0.15) is 62.3 Å². The van der Waals surface area contributed by atoms with Gasteiger partial charge in [0.2, 0.25) is 0 Å². The quantitative estimate of drug-likeness (QED) is 0.747. The molecule has 0 unspecified atom stereocenters. The van der Waals surface area contributed by atoms with Gasteiger partial charge in [-0.1, -0.05) is 12.1 Å². The van der Waals surface area contributed by atoms with Gasteiger partial charge in [0.1, 0.15) is 11.2 Å². The Bertz CT molecular complexity index is 709. The summed E-state index contributed by atoms with van der Waals surface area (Å²) in [7, 11) is 0. The number of rotatable bonds is 2. The van der Waals surface area contributed by atoms with Gasteiger partial charge in [0.05, 0.1) is 11.1 Å². The molecule has 0 N–H and O–H groups in total. The lowest BCUT2D eigenvalue weighted by molar-refractivity contribution is 0.00568. The van der Waals surface area contributed by atoms with Crippen molar-refractivity contribution in [1.29, 1.82) is 0 Å². The molecule has 0 radical (unpaired) electrons. The molecule has 0 atom stereocenters. The number of carbonyl (C=O) groups is 2. The van der Waals surface area contributed by atoms with Gasteiger partial charge in [-0.25, -0.2) is 9.59 Å². The van der Waals surface area contributed by atoms with E-state index in [1.807, 2.05) is 53.7 Å². The SMILES string of the molecule is CC(C)(C)OC(=O)c1ccc2cc(C(=O)OC(C)(C)C)ccc2c1. The highest BCUT2D eigenvalue weighted by Crippen LogP contribution is 2.21. The van der Waals surface area contributed by atoms with Crippen molar-refractivity contribution in [3.05, 3.63) is 47.5 Å². The van der Waals surface area contributed by atoms with E-state index in [0.717, 1.165) is 10.8 Å². The van der Waals surface area contributed by atoms with Crippen molar-refractivity contribution in [1.82, 2.24) is 0 Å². The van der Waals surface area contributed by atoms with Crippen molar-refractivity contribution < 1.29 is 19.1 Å². The fourth-order valence-corrected chi connectivity index (χ4v) is 2.17. The van der Waals surface area contributed by atoms with Crippen LogP contribution in [0.25, 0.3) is 10.8 Å². The molecule has 0 fully saturated rings. The molecule has 2 rings (SSSR count). The Morgan fingerprint density at radius 1 is 0.667 bits per heavy atom. The maximum Gasteiger partial charge on any atom is 0.338 e. The molecule has 128 valence electrons. The second-order valence-corrected chi connectivity index (χ2v) is 7.78. The number of fused-ring (bicyclic) bond motifs is 1. The summed E-state index contributed by atoms with van der Waals surface area (Å²) in [5.41, 5.74) is -0.0935. The normalized spacial score (nSPS) is 12.1. The molecule has 24 heavy (non-hydrogen) atoms. The molecule has 0 aliphatic heterocycles. The molecule has 0 saturated heterocycles. The first-order chi connectivity index (χ1) is 10.9. The lowest BCUT2D eigenvalue weighted by atomic mass is 10.0. The molecule has 2 aromatic rings. The number of esters is 2. The minimum Gasteiger partial charge on any atom is -0.456 e. The average Bonchev–Trinajstić information content (AvgIpc) is 2.42. The van der Waals surface area contributed by atoms with Crippen LogP contribution in [0.3, 0.4) is 0 Å². The van der Waals surface area contributed by atoms with Crippen molar-refractivity contribution in [3.63, 3.8) is 0 Å². The second kappa shape index (κ2) is 6.27. The molecular weight excluding hydrogens is 304 g/mol. The van der Waals surface area contributed by atoms with Gasteiger partial charge in [-0.15, -0.1) is 0 Å². The fraction of sp³-hybridized carbons (Fsp3) is 0.400. The van der Waals surface area contributed by atoms with E-state index in [0.29, 0.717) is 11.1 Å². The Kier molecular flexibility index (Phi) is 4.70. The Hall–Kier alpha value is -2.36. The van der Waals surface area contributed by atoms with Gasteiger partial charge in [-0.3, -0.25) is 0 Å². The summed E-state index contributed by atoms with van der Waals surface area (Å²) in [6.07, 6.45) is 0. The second-order valence-electron chi connectivity index (χ2n) is 7.78. The first kappa shape index (κ1) is 18.0. The number of hydrogen-bond acceptors (Lipinski definition) is 4. The topological polar surface area (TPSA) is 52.6 Å². The highest BCUT2D eigenvalue weighted by atomic mass is 16.6. The van der Waals surface area contributed by atoms with E-state index in [9.17, 15) is 9.59 Å². The number of ether oxygens (including phenoxy) is 2. The zero-order valence-corrected chi connectivity index (χ0v) is 15.1. The van der Waals surface area contributed by atoms with Crippen LogP contribution in [0.4, 0.5) is 0 Å². The third-order valence-electron chi connectivity index (χ3n) is 3.11. The number of benzene rings is 2. The summed E-state index contributed by atoms with van der Waals surface area (Å²) in [5, 5.41) is 1.73. The van der Waals surface area contributed by atoms with Crippen LogP contribution < -0.4 is 0 Å². The Balaban J connectivity index is 2.28. The van der Waals surface area contributed by atoms with E-state index in [1.165, 1.54) is 0 Å². The predicted molar refractivity (Wildman–Crippen MR) is 94.3 cm³/mol. The van der Waals surface area contributed by atoms with E-state index in [-0.39, 0.29) is 11.9 Å². The van der Waals surface area contributed by atoms with Crippen LogP contribution >= 0.6 is 0 Å². The Morgan fingerprint density at radius 2 is 1.00 bits per heavy atom. The van der Waals surface area contributed by atoms with Crippen LogP contribution in [0.5, 0.6) is 0 Å². The minimum atomic E-state index is -0.535. The zero-order chi connectivity index (χ0) is 18.1. The van der Waals surface area contributed by atoms with Gasteiger partial charge in [0.25, 0.3) is 0 Å². The summed E-state index contributed by atoms with van der Waals surface area (Å²) in [5.74, 6) is -0.721. The van der Waals surface area contributed by atoms with Crippen molar-refractivity contribution in [3.8, 4) is 0 Å². The van der Waals surface area contributed by atoms with E-state index in [4.69, 9.17) is 9.47 Å². The molecular formula is C20H24O4. The van der Waals surface area contributed by atoms with Crippen LogP contribution in [-0.2, 0) is 9.47 Å². The van der Waals surface area contributed by atoms with Gasteiger partial charge >= 0.3 is 11.9 Å². The highest BCUT2D eigenvalue weighted by molar-refractivity contribution is 5.99. The molecule has 4 nitrogen and oxygen atoms in total.